The molecule has 2 aromatic carbocycles. The van der Waals surface area contributed by atoms with E-state index in [1.807, 2.05) is 17.5 Å². The van der Waals surface area contributed by atoms with Gasteiger partial charge in [-0.1, -0.05) is 18.2 Å². The molecule has 8 heteroatoms. The zero-order chi connectivity index (χ0) is 22.9. The van der Waals surface area contributed by atoms with E-state index >= 15 is 0 Å². The van der Waals surface area contributed by atoms with Gasteiger partial charge in [-0.2, -0.15) is 0 Å². The molecule has 3 aromatic rings. The van der Waals surface area contributed by atoms with Crippen LogP contribution in [0, 0.1) is 11.6 Å². The summed E-state index contributed by atoms with van der Waals surface area (Å²) in [5.74, 6) is -1.43. The minimum Gasteiger partial charge on any atom is -0.383 e. The first-order chi connectivity index (χ1) is 15.5. The summed E-state index contributed by atoms with van der Waals surface area (Å²) in [5.41, 5.74) is 1.07. The Morgan fingerprint density at radius 2 is 1.56 bits per heavy atom. The van der Waals surface area contributed by atoms with Crippen LogP contribution in [0.25, 0.3) is 0 Å². The Hall–Kier alpha value is -3.10. The maximum Gasteiger partial charge on any atom is 0.254 e. The van der Waals surface area contributed by atoms with Gasteiger partial charge in [-0.05, 0) is 53.4 Å². The summed E-state index contributed by atoms with van der Waals surface area (Å²) in [7, 11) is 1.51. The maximum absolute atomic E-state index is 13.3. The van der Waals surface area contributed by atoms with Gasteiger partial charge in [0.2, 0.25) is 5.91 Å². The number of nitrogens with zero attached hydrogens (tertiary/aromatic N) is 2. The number of hydrogen-bond acceptors (Lipinski definition) is 4. The molecule has 1 aromatic heterocycles. The average Bonchev–Trinajstić information content (AvgIpc) is 3.30. The van der Waals surface area contributed by atoms with E-state index in [1.54, 1.807) is 17.0 Å². The lowest BCUT2D eigenvalue weighted by Crippen LogP contribution is -2.43. The fraction of sp³-hybridized carbons (Fsp3) is 0.250. The normalized spacial score (nSPS) is 10.7. The van der Waals surface area contributed by atoms with Crippen LogP contribution >= 0.6 is 11.3 Å². The minimum absolute atomic E-state index is 0.161. The highest BCUT2D eigenvalue weighted by Gasteiger charge is 2.23. The van der Waals surface area contributed by atoms with Gasteiger partial charge in [0, 0.05) is 30.6 Å². The van der Waals surface area contributed by atoms with Gasteiger partial charge in [0.05, 0.1) is 13.2 Å². The number of rotatable bonds is 10. The van der Waals surface area contributed by atoms with Gasteiger partial charge in [-0.25, -0.2) is 8.78 Å². The average molecular weight is 459 g/mol. The molecule has 0 fully saturated rings. The molecule has 0 unspecified atom stereocenters. The summed E-state index contributed by atoms with van der Waals surface area (Å²) >= 11 is 1.53. The van der Waals surface area contributed by atoms with Crippen LogP contribution in [0.4, 0.5) is 8.78 Å². The van der Waals surface area contributed by atoms with Gasteiger partial charge in [-0.3, -0.25) is 9.59 Å². The predicted molar refractivity (Wildman–Crippen MR) is 119 cm³/mol. The van der Waals surface area contributed by atoms with E-state index in [-0.39, 0.29) is 43.9 Å². The molecule has 0 radical (unpaired) electrons. The Morgan fingerprint density at radius 3 is 2.16 bits per heavy atom. The molecule has 0 bridgehead atoms. The molecule has 0 saturated carbocycles. The second-order valence-corrected chi connectivity index (χ2v) is 8.21. The molecule has 3 rings (SSSR count). The van der Waals surface area contributed by atoms with Crippen molar-refractivity contribution in [3.8, 4) is 0 Å². The van der Waals surface area contributed by atoms with Gasteiger partial charge < -0.3 is 14.5 Å². The largest absolute Gasteiger partial charge is 0.383 e. The summed E-state index contributed by atoms with van der Waals surface area (Å²) in [4.78, 5) is 30.3. The van der Waals surface area contributed by atoms with Gasteiger partial charge in [0.15, 0.2) is 0 Å². The number of halogens is 2. The number of hydrogen-bond donors (Lipinski definition) is 0. The highest BCUT2D eigenvalue weighted by atomic mass is 32.1. The number of amides is 2. The first-order valence-corrected chi connectivity index (χ1v) is 10.9. The maximum atomic E-state index is 13.3. The highest BCUT2D eigenvalue weighted by Crippen LogP contribution is 2.16. The predicted octanol–water partition coefficient (Wildman–Crippen LogP) is 4.34. The zero-order valence-corrected chi connectivity index (χ0v) is 18.5. The first kappa shape index (κ1) is 23.6. The number of thiophene rings is 1. The highest BCUT2D eigenvalue weighted by molar-refractivity contribution is 7.09. The molecular weight excluding hydrogens is 434 g/mol. The molecule has 168 valence electrons. The quantitative estimate of drug-likeness (QED) is 0.454. The third kappa shape index (κ3) is 6.70. The van der Waals surface area contributed by atoms with E-state index in [0.29, 0.717) is 12.1 Å². The minimum atomic E-state index is -0.442. The molecule has 32 heavy (non-hydrogen) atoms. The van der Waals surface area contributed by atoms with Crippen LogP contribution in [0.2, 0.25) is 0 Å². The van der Waals surface area contributed by atoms with Crippen LogP contribution in [-0.2, 0) is 22.6 Å². The molecular formula is C24H24F2N2O3S. The molecule has 0 N–H and O–H groups in total. The molecule has 0 aliphatic carbocycles. The Morgan fingerprint density at radius 1 is 0.906 bits per heavy atom. The molecule has 5 nitrogen and oxygen atoms in total. The van der Waals surface area contributed by atoms with E-state index in [4.69, 9.17) is 4.74 Å². The van der Waals surface area contributed by atoms with E-state index in [1.165, 1.54) is 59.7 Å². The van der Waals surface area contributed by atoms with E-state index in [2.05, 4.69) is 0 Å². The van der Waals surface area contributed by atoms with Crippen LogP contribution in [0.15, 0.2) is 66.0 Å². The van der Waals surface area contributed by atoms with Crippen LogP contribution in [0.1, 0.15) is 20.8 Å². The van der Waals surface area contributed by atoms with Crippen molar-refractivity contribution in [2.24, 2.45) is 0 Å². The molecule has 1 heterocycles. The first-order valence-electron chi connectivity index (χ1n) is 10.0. The molecule has 0 atom stereocenters. The van der Waals surface area contributed by atoms with Crippen molar-refractivity contribution in [3.05, 3.63) is 93.7 Å². The van der Waals surface area contributed by atoms with Crippen molar-refractivity contribution < 1.29 is 23.1 Å². The Balaban J connectivity index is 1.78. The molecule has 2 amide bonds. The van der Waals surface area contributed by atoms with Crippen molar-refractivity contribution in [1.82, 2.24) is 9.80 Å². The number of carbonyl (C=O) groups excluding carboxylic acids is 2. The van der Waals surface area contributed by atoms with Crippen molar-refractivity contribution in [2.75, 3.05) is 26.8 Å². The Labute approximate surface area is 189 Å². The molecule has 0 saturated heterocycles. The lowest BCUT2D eigenvalue weighted by molar-refractivity contribution is -0.133. The summed E-state index contributed by atoms with van der Waals surface area (Å²) in [5, 5.41) is 1.93. The third-order valence-electron chi connectivity index (χ3n) is 4.84. The monoisotopic (exact) mass is 458 g/mol. The van der Waals surface area contributed by atoms with Crippen molar-refractivity contribution in [2.45, 2.75) is 13.1 Å². The van der Waals surface area contributed by atoms with E-state index in [0.717, 1.165) is 10.4 Å². The SMILES string of the molecule is COCCN(CC(=O)N(Cc1ccc(F)cc1)Cc1cccs1)C(=O)c1ccc(F)cc1. The number of benzene rings is 2. The lowest BCUT2D eigenvalue weighted by Gasteiger charge is -2.27. The van der Waals surface area contributed by atoms with Crippen LogP contribution in [0.5, 0.6) is 0 Å². The molecule has 0 aliphatic rings. The summed E-state index contributed by atoms with van der Waals surface area (Å²) in [6, 6.07) is 15.0. The smallest absolute Gasteiger partial charge is 0.254 e. The topological polar surface area (TPSA) is 49.9 Å². The summed E-state index contributed by atoms with van der Waals surface area (Å²) in [6.07, 6.45) is 0. The van der Waals surface area contributed by atoms with E-state index < -0.39 is 5.82 Å². The molecule has 0 spiro atoms. The third-order valence-corrected chi connectivity index (χ3v) is 5.70. The zero-order valence-electron chi connectivity index (χ0n) is 17.7. The fourth-order valence-electron chi connectivity index (χ4n) is 3.13. The van der Waals surface area contributed by atoms with Crippen molar-refractivity contribution in [3.63, 3.8) is 0 Å². The van der Waals surface area contributed by atoms with Crippen molar-refractivity contribution in [1.29, 1.82) is 0 Å². The number of carbonyl (C=O) groups is 2. The second kappa shape index (κ2) is 11.5. The number of ether oxygens (including phenoxy) is 1. The Bertz CT molecular complexity index is 1010. The summed E-state index contributed by atoms with van der Waals surface area (Å²) < 4.78 is 31.6. The van der Waals surface area contributed by atoms with Crippen LogP contribution in [-0.4, -0.2) is 48.4 Å². The van der Waals surface area contributed by atoms with Gasteiger partial charge in [0.1, 0.15) is 18.2 Å². The number of methoxy groups -OCH3 is 1. The Kier molecular flexibility index (Phi) is 8.47. The van der Waals surface area contributed by atoms with Crippen LogP contribution in [0.3, 0.4) is 0 Å². The van der Waals surface area contributed by atoms with Gasteiger partial charge in [-0.15, -0.1) is 11.3 Å². The second-order valence-electron chi connectivity index (χ2n) is 7.18. The van der Waals surface area contributed by atoms with Crippen LogP contribution < -0.4 is 0 Å². The van der Waals surface area contributed by atoms with Gasteiger partial charge >= 0.3 is 0 Å². The van der Waals surface area contributed by atoms with E-state index in [9.17, 15) is 18.4 Å². The summed E-state index contributed by atoms with van der Waals surface area (Å²) in [6.45, 7) is 0.952. The lowest BCUT2D eigenvalue weighted by atomic mass is 10.2. The standard InChI is InChI=1S/C24H24F2N2O3S/c1-31-13-12-27(24(30)19-6-10-21(26)11-7-19)17-23(29)28(16-22-3-2-14-32-22)15-18-4-8-20(25)9-5-18/h2-11,14H,12-13,15-17H2,1H3. The fourth-order valence-corrected chi connectivity index (χ4v) is 3.84. The molecule has 0 aliphatic heterocycles. The van der Waals surface area contributed by atoms with Crippen molar-refractivity contribution >= 4 is 23.2 Å². The van der Waals surface area contributed by atoms with Gasteiger partial charge in [0.25, 0.3) is 5.91 Å².